The molecule has 32 heavy (non-hydrogen) atoms. The van der Waals surface area contributed by atoms with Crippen LogP contribution in [-0.2, 0) is 0 Å². The number of hydrogen-bond donors (Lipinski definition) is 2. The number of rotatable bonds is 8. The van der Waals surface area contributed by atoms with Crippen LogP contribution >= 0.6 is 23.2 Å². The molecule has 10 heteroatoms. The first-order chi connectivity index (χ1) is 15.3. The van der Waals surface area contributed by atoms with E-state index >= 15 is 0 Å². The molecule has 1 unspecified atom stereocenters. The minimum atomic E-state index is -0.601. The number of nitrogens with one attached hydrogen (secondary N) is 2. The van der Waals surface area contributed by atoms with E-state index in [0.29, 0.717) is 27.8 Å². The van der Waals surface area contributed by atoms with Gasteiger partial charge in [0.05, 0.1) is 16.9 Å². The third kappa shape index (κ3) is 4.97. The predicted molar refractivity (Wildman–Crippen MR) is 126 cm³/mol. The summed E-state index contributed by atoms with van der Waals surface area (Å²) in [6.45, 7) is 5.69. The molecule has 1 heterocycles. The zero-order valence-corrected chi connectivity index (χ0v) is 18.5. The number of aromatic nitrogens is 2. The lowest BCUT2D eigenvalue weighted by atomic mass is 9.91. The van der Waals surface area contributed by atoms with Gasteiger partial charge in [0.25, 0.3) is 0 Å². The molecule has 0 saturated heterocycles. The van der Waals surface area contributed by atoms with Crippen molar-refractivity contribution in [3.63, 3.8) is 0 Å². The van der Waals surface area contributed by atoms with E-state index in [1.54, 1.807) is 42.5 Å². The molecule has 0 amide bonds. The van der Waals surface area contributed by atoms with Gasteiger partial charge in [-0.15, -0.1) is 6.58 Å². The zero-order chi connectivity index (χ0) is 23.3. The van der Waals surface area contributed by atoms with Gasteiger partial charge in [0.1, 0.15) is 6.33 Å². The van der Waals surface area contributed by atoms with Crippen molar-refractivity contribution in [1.29, 1.82) is 5.26 Å². The molecule has 0 aliphatic rings. The molecular weight excluding hydrogens is 451 g/mol. The molecule has 3 rings (SSSR count). The van der Waals surface area contributed by atoms with Crippen LogP contribution in [-0.4, -0.2) is 21.4 Å². The lowest BCUT2D eigenvalue weighted by Gasteiger charge is -2.16. The number of hydrogen-bond acceptors (Lipinski definition) is 7. The van der Waals surface area contributed by atoms with Crippen LogP contribution in [0.4, 0.5) is 23.0 Å². The summed E-state index contributed by atoms with van der Waals surface area (Å²) >= 11 is 12.5. The Kier molecular flexibility index (Phi) is 7.25. The van der Waals surface area contributed by atoms with Gasteiger partial charge >= 0.3 is 5.69 Å². The average Bonchev–Trinajstić information content (AvgIpc) is 2.77. The van der Waals surface area contributed by atoms with E-state index in [9.17, 15) is 15.4 Å². The zero-order valence-electron chi connectivity index (χ0n) is 17.0. The van der Waals surface area contributed by atoms with E-state index in [1.165, 1.54) is 6.33 Å². The summed E-state index contributed by atoms with van der Waals surface area (Å²) in [6, 6.07) is 12.6. The van der Waals surface area contributed by atoms with Gasteiger partial charge in [-0.3, -0.25) is 10.1 Å². The number of aryl methyl sites for hydroxylation is 1. The van der Waals surface area contributed by atoms with Crippen molar-refractivity contribution in [2.45, 2.75) is 12.8 Å². The summed E-state index contributed by atoms with van der Waals surface area (Å²) in [6.07, 6.45) is 2.78. The van der Waals surface area contributed by atoms with Crippen LogP contribution in [0.3, 0.4) is 0 Å². The van der Waals surface area contributed by atoms with Gasteiger partial charge in [-0.05, 0) is 41.8 Å². The summed E-state index contributed by atoms with van der Waals surface area (Å²) in [4.78, 5) is 19.1. The lowest BCUT2D eigenvalue weighted by molar-refractivity contribution is -0.383. The Morgan fingerprint density at radius 1 is 1.25 bits per heavy atom. The molecule has 3 aromatic rings. The molecule has 1 aromatic heterocycles. The first kappa shape index (κ1) is 23.0. The largest absolute Gasteiger partial charge is 0.361 e. The lowest BCUT2D eigenvalue weighted by Crippen LogP contribution is -2.08. The number of nitro groups is 1. The van der Waals surface area contributed by atoms with E-state index in [4.69, 9.17) is 23.2 Å². The maximum atomic E-state index is 11.7. The summed E-state index contributed by atoms with van der Waals surface area (Å²) in [5, 5.41) is 28.1. The molecule has 0 spiro atoms. The molecule has 1 atom stereocenters. The van der Waals surface area contributed by atoms with Crippen LogP contribution in [0.2, 0.25) is 10.0 Å². The monoisotopic (exact) mass is 468 g/mol. The molecule has 0 aliphatic heterocycles. The number of nitriles is 1. The summed E-state index contributed by atoms with van der Waals surface area (Å²) < 4.78 is 0. The van der Waals surface area contributed by atoms with Gasteiger partial charge in [-0.1, -0.05) is 47.5 Å². The van der Waals surface area contributed by atoms with Gasteiger partial charge in [0, 0.05) is 22.3 Å². The molecule has 2 N–H and O–H groups in total. The minimum Gasteiger partial charge on any atom is -0.361 e. The Balaban J connectivity index is 1.99. The highest BCUT2D eigenvalue weighted by atomic mass is 35.5. The number of halogens is 2. The van der Waals surface area contributed by atoms with Crippen molar-refractivity contribution >= 4 is 46.2 Å². The van der Waals surface area contributed by atoms with Gasteiger partial charge in [0.15, 0.2) is 0 Å². The number of nitrogens with zero attached hydrogens (tertiary/aromatic N) is 4. The second-order valence-electron chi connectivity index (χ2n) is 6.77. The Bertz CT molecular complexity index is 1210. The molecule has 0 aliphatic carbocycles. The van der Waals surface area contributed by atoms with E-state index in [0.717, 1.165) is 11.1 Å². The molecule has 0 bridgehead atoms. The SMILES string of the molecule is C=CCNc1ncnc(Nc2cc(Cl)c(C(C#N)c3ccc(Cl)cc3)cc2C)c1[N+](=O)[O-]. The Hall–Kier alpha value is -3.67. The highest BCUT2D eigenvalue weighted by Gasteiger charge is 2.24. The highest BCUT2D eigenvalue weighted by Crippen LogP contribution is 2.37. The van der Waals surface area contributed by atoms with Crippen LogP contribution in [0.15, 0.2) is 55.4 Å². The van der Waals surface area contributed by atoms with Gasteiger partial charge < -0.3 is 10.6 Å². The molecule has 0 fully saturated rings. The molecule has 2 aromatic carbocycles. The van der Waals surface area contributed by atoms with Crippen molar-refractivity contribution < 1.29 is 4.92 Å². The smallest absolute Gasteiger partial charge is 0.353 e. The van der Waals surface area contributed by atoms with Crippen molar-refractivity contribution in [3.8, 4) is 6.07 Å². The summed E-state index contributed by atoms with van der Waals surface area (Å²) in [7, 11) is 0. The number of benzene rings is 2. The Labute approximate surface area is 194 Å². The average molecular weight is 469 g/mol. The molecular formula is C22H18Cl2N6O2. The van der Waals surface area contributed by atoms with Crippen molar-refractivity contribution in [3.05, 3.63) is 92.2 Å². The van der Waals surface area contributed by atoms with Crippen LogP contribution in [0, 0.1) is 28.4 Å². The Morgan fingerprint density at radius 3 is 2.56 bits per heavy atom. The fourth-order valence-electron chi connectivity index (χ4n) is 3.11. The van der Waals surface area contributed by atoms with Crippen molar-refractivity contribution in [1.82, 2.24) is 9.97 Å². The third-order valence-corrected chi connectivity index (χ3v) is 5.24. The standard InChI is InChI=1S/C22H18Cl2N6O2/c1-3-8-26-21-20(30(31)32)22(28-12-27-21)29-19-10-18(24)16(9-13(19)2)17(11-25)14-4-6-15(23)7-5-14/h3-7,9-10,12,17H,1,8H2,2H3,(H2,26,27,28,29). The van der Waals surface area contributed by atoms with Gasteiger partial charge in [0.2, 0.25) is 11.6 Å². The third-order valence-electron chi connectivity index (χ3n) is 4.66. The molecule has 0 saturated carbocycles. The maximum absolute atomic E-state index is 11.7. The highest BCUT2D eigenvalue weighted by molar-refractivity contribution is 6.32. The topological polar surface area (TPSA) is 117 Å². The molecule has 8 nitrogen and oxygen atoms in total. The fraction of sp³-hybridized carbons (Fsp3) is 0.136. The first-order valence-corrected chi connectivity index (χ1v) is 10.2. The van der Waals surface area contributed by atoms with E-state index in [1.807, 2.05) is 6.92 Å². The van der Waals surface area contributed by atoms with Crippen LogP contribution in [0.1, 0.15) is 22.6 Å². The van der Waals surface area contributed by atoms with Gasteiger partial charge in [-0.25, -0.2) is 9.97 Å². The summed E-state index contributed by atoms with van der Waals surface area (Å²) in [5.74, 6) is -0.520. The van der Waals surface area contributed by atoms with Gasteiger partial charge in [-0.2, -0.15) is 5.26 Å². The predicted octanol–water partition coefficient (Wildman–Crippen LogP) is 6.00. The quantitative estimate of drug-likeness (QED) is 0.236. The van der Waals surface area contributed by atoms with Crippen LogP contribution in [0.25, 0.3) is 0 Å². The normalized spacial score (nSPS) is 11.3. The first-order valence-electron chi connectivity index (χ1n) is 9.42. The van der Waals surface area contributed by atoms with Crippen LogP contribution < -0.4 is 10.6 Å². The van der Waals surface area contributed by atoms with E-state index in [2.05, 4.69) is 33.2 Å². The number of anilines is 3. The summed E-state index contributed by atoms with van der Waals surface area (Å²) in [5.41, 5.74) is 2.31. The van der Waals surface area contributed by atoms with Crippen molar-refractivity contribution in [2.24, 2.45) is 0 Å². The van der Waals surface area contributed by atoms with E-state index < -0.39 is 10.8 Å². The molecule has 0 radical (unpaired) electrons. The minimum absolute atomic E-state index is 0.0120. The second kappa shape index (κ2) is 10.1. The molecule has 162 valence electrons. The van der Waals surface area contributed by atoms with Crippen LogP contribution in [0.5, 0.6) is 0 Å². The second-order valence-corrected chi connectivity index (χ2v) is 7.62. The maximum Gasteiger partial charge on any atom is 0.353 e. The fourth-order valence-corrected chi connectivity index (χ4v) is 3.51. The Morgan fingerprint density at radius 2 is 1.94 bits per heavy atom. The van der Waals surface area contributed by atoms with E-state index in [-0.39, 0.29) is 17.3 Å². The van der Waals surface area contributed by atoms with Crippen molar-refractivity contribution in [2.75, 3.05) is 17.2 Å².